The molecule has 0 aliphatic heterocycles. The fraction of sp³-hybridized carbons (Fsp3) is 0.167. The van der Waals surface area contributed by atoms with Gasteiger partial charge in [-0.3, -0.25) is 0 Å². The first-order valence-corrected chi connectivity index (χ1v) is 3.23. The summed E-state index contributed by atoms with van der Waals surface area (Å²) in [5, 5.41) is 0. The first-order valence-electron chi connectivity index (χ1n) is 3.23. The minimum Gasteiger partial charge on any atom is -0.445 e. The van der Waals surface area contributed by atoms with E-state index in [1.54, 1.807) is 18.2 Å². The molecule has 1 nitrogen and oxygen atoms in total. The van der Waals surface area contributed by atoms with E-state index in [0.29, 0.717) is 0 Å². The van der Waals surface area contributed by atoms with Gasteiger partial charge in [0.25, 0.3) is 0 Å². The molecular weight excluding hydrogens is 154 g/mol. The third kappa shape index (κ3) is 3.07. The number of hydrogen-bond acceptors (Lipinski definition) is 0. The molecule has 0 fully saturated rings. The van der Waals surface area contributed by atoms with Crippen LogP contribution in [0.5, 0.6) is 0 Å². The van der Waals surface area contributed by atoms with Gasteiger partial charge in [-0.2, -0.15) is 0 Å². The molecular formula is C6H7BF3N. The Morgan fingerprint density at radius 1 is 1.00 bits per heavy atom. The average Bonchev–Trinajstić information content (AvgIpc) is 1.85. The summed E-state index contributed by atoms with van der Waals surface area (Å²) < 4.78 is 36.5. The molecule has 0 saturated carbocycles. The number of halogens is 3. The monoisotopic (exact) mass is 161 g/mol. The summed E-state index contributed by atoms with van der Waals surface area (Å²) in [7, 11) is 0. The van der Waals surface area contributed by atoms with Crippen molar-refractivity contribution in [2.45, 2.75) is 6.44 Å². The van der Waals surface area contributed by atoms with Crippen molar-refractivity contribution < 1.29 is 17.5 Å². The number of pyridine rings is 1. The second-order valence-electron chi connectivity index (χ2n) is 2.28. The van der Waals surface area contributed by atoms with Crippen LogP contribution in [0.1, 0.15) is 0 Å². The Morgan fingerprint density at radius 3 is 2.00 bits per heavy atom. The Hall–Kier alpha value is -0.995. The molecule has 0 aromatic carbocycles. The molecule has 1 rings (SSSR count). The zero-order chi connectivity index (χ0) is 8.32. The zero-order valence-corrected chi connectivity index (χ0v) is 5.75. The SMILES string of the molecule is F[B-](F)(F)C[n+]1ccccc1. The van der Waals surface area contributed by atoms with E-state index in [9.17, 15) is 12.9 Å². The molecule has 1 aromatic heterocycles. The third-order valence-electron chi connectivity index (χ3n) is 1.20. The van der Waals surface area contributed by atoms with Crippen LogP contribution in [-0.4, -0.2) is 6.98 Å². The summed E-state index contributed by atoms with van der Waals surface area (Å²) >= 11 is 0. The Labute approximate surface area is 62.5 Å². The Bertz CT molecular complexity index is 221. The van der Waals surface area contributed by atoms with Crippen molar-refractivity contribution in [1.29, 1.82) is 0 Å². The molecule has 0 radical (unpaired) electrons. The van der Waals surface area contributed by atoms with Gasteiger partial charge in [0.15, 0.2) is 12.4 Å². The predicted molar refractivity (Wildman–Crippen MR) is 35.7 cm³/mol. The molecule has 0 bridgehead atoms. The highest BCUT2D eigenvalue weighted by atomic mass is 19.4. The van der Waals surface area contributed by atoms with Crippen molar-refractivity contribution in [2.75, 3.05) is 0 Å². The highest BCUT2D eigenvalue weighted by Crippen LogP contribution is 2.06. The van der Waals surface area contributed by atoms with E-state index in [-0.39, 0.29) is 0 Å². The van der Waals surface area contributed by atoms with Gasteiger partial charge in [0, 0.05) is 12.1 Å². The van der Waals surface area contributed by atoms with Gasteiger partial charge in [-0.1, -0.05) is 6.07 Å². The first-order chi connectivity index (χ1) is 5.08. The van der Waals surface area contributed by atoms with E-state index in [1.165, 1.54) is 12.4 Å². The fourth-order valence-electron chi connectivity index (χ4n) is 0.795. The van der Waals surface area contributed by atoms with Crippen molar-refractivity contribution >= 4 is 6.98 Å². The third-order valence-corrected chi connectivity index (χ3v) is 1.20. The molecule has 0 unspecified atom stereocenters. The smallest absolute Gasteiger partial charge is 0.445 e. The van der Waals surface area contributed by atoms with E-state index in [0.717, 1.165) is 4.57 Å². The van der Waals surface area contributed by atoms with Crippen molar-refractivity contribution in [2.24, 2.45) is 0 Å². The fourth-order valence-corrected chi connectivity index (χ4v) is 0.795. The molecule has 1 heterocycles. The molecule has 0 spiro atoms. The summed E-state index contributed by atoms with van der Waals surface area (Å²) in [5.41, 5.74) is 0. The van der Waals surface area contributed by atoms with E-state index >= 15 is 0 Å². The minimum absolute atomic E-state index is 0.860. The lowest BCUT2D eigenvalue weighted by molar-refractivity contribution is -0.683. The summed E-state index contributed by atoms with van der Waals surface area (Å²) in [6.45, 7) is -4.72. The van der Waals surface area contributed by atoms with Crippen LogP contribution in [0.2, 0.25) is 0 Å². The van der Waals surface area contributed by atoms with Crippen molar-refractivity contribution in [1.82, 2.24) is 0 Å². The van der Waals surface area contributed by atoms with Gasteiger partial charge in [-0.15, -0.1) is 0 Å². The summed E-state index contributed by atoms with van der Waals surface area (Å²) in [5.74, 6) is 0. The van der Waals surface area contributed by atoms with Gasteiger partial charge in [-0.05, 0) is 0 Å². The molecule has 0 atom stereocenters. The normalized spacial score (nSPS) is 11.5. The topological polar surface area (TPSA) is 3.88 Å². The highest BCUT2D eigenvalue weighted by molar-refractivity contribution is 6.56. The van der Waals surface area contributed by atoms with Gasteiger partial charge < -0.3 is 12.9 Å². The molecule has 60 valence electrons. The summed E-state index contributed by atoms with van der Waals surface area (Å²) in [6, 6.07) is 4.82. The highest BCUT2D eigenvalue weighted by Gasteiger charge is 2.28. The molecule has 0 aliphatic carbocycles. The maximum Gasteiger partial charge on any atom is 0.542 e. The van der Waals surface area contributed by atoms with Crippen LogP contribution in [0.25, 0.3) is 0 Å². The number of aromatic nitrogens is 1. The van der Waals surface area contributed by atoms with E-state index in [4.69, 9.17) is 0 Å². The van der Waals surface area contributed by atoms with Crippen molar-refractivity contribution in [3.05, 3.63) is 30.6 Å². The average molecular weight is 161 g/mol. The van der Waals surface area contributed by atoms with Crippen LogP contribution < -0.4 is 4.57 Å². The number of rotatable bonds is 2. The summed E-state index contributed by atoms with van der Waals surface area (Å²) in [6.07, 6.45) is 1.94. The Kier molecular flexibility index (Phi) is 2.17. The Morgan fingerprint density at radius 2 is 1.55 bits per heavy atom. The maximum absolute atomic E-state index is 11.8. The van der Waals surface area contributed by atoms with Crippen molar-refractivity contribution in [3.63, 3.8) is 0 Å². The lowest BCUT2D eigenvalue weighted by Crippen LogP contribution is -2.43. The first kappa shape index (κ1) is 8.10. The zero-order valence-electron chi connectivity index (χ0n) is 5.75. The van der Waals surface area contributed by atoms with Gasteiger partial charge in [-0.25, -0.2) is 4.57 Å². The van der Waals surface area contributed by atoms with Crippen LogP contribution >= 0.6 is 0 Å². The second-order valence-corrected chi connectivity index (χ2v) is 2.28. The van der Waals surface area contributed by atoms with E-state index < -0.39 is 13.4 Å². The molecule has 0 aliphatic rings. The van der Waals surface area contributed by atoms with Crippen LogP contribution in [0.15, 0.2) is 30.6 Å². The van der Waals surface area contributed by atoms with Gasteiger partial charge in [0.1, 0.15) is 6.44 Å². The van der Waals surface area contributed by atoms with E-state index in [1.807, 2.05) is 0 Å². The molecule has 0 amide bonds. The predicted octanol–water partition coefficient (Wildman–Crippen LogP) is 1.36. The molecule has 0 saturated heterocycles. The molecule has 5 heteroatoms. The molecule has 0 N–H and O–H groups in total. The summed E-state index contributed by atoms with van der Waals surface area (Å²) in [4.78, 5) is 0. The second kappa shape index (κ2) is 2.94. The Balaban J connectivity index is 2.66. The van der Waals surface area contributed by atoms with Crippen LogP contribution in [-0.2, 0) is 6.44 Å². The molecule has 11 heavy (non-hydrogen) atoms. The number of hydrogen-bond donors (Lipinski definition) is 0. The molecule has 1 aromatic rings. The van der Waals surface area contributed by atoms with Gasteiger partial charge in [0.2, 0.25) is 0 Å². The lowest BCUT2D eigenvalue weighted by atomic mass is 9.92. The quantitative estimate of drug-likeness (QED) is 0.455. The van der Waals surface area contributed by atoms with Crippen LogP contribution in [0.3, 0.4) is 0 Å². The van der Waals surface area contributed by atoms with Gasteiger partial charge >= 0.3 is 6.98 Å². The minimum atomic E-state index is -4.72. The number of nitrogens with zero attached hydrogens (tertiary/aromatic N) is 1. The van der Waals surface area contributed by atoms with E-state index in [2.05, 4.69) is 0 Å². The maximum atomic E-state index is 11.8. The standard InChI is InChI=1S/C6H7BF3N/c8-7(9,10)6-11-4-2-1-3-5-11/h1-5H,6H2. The van der Waals surface area contributed by atoms with Crippen LogP contribution in [0.4, 0.5) is 12.9 Å². The van der Waals surface area contributed by atoms with Gasteiger partial charge in [0.05, 0.1) is 0 Å². The lowest BCUT2D eigenvalue weighted by Gasteiger charge is -2.07. The van der Waals surface area contributed by atoms with Crippen LogP contribution in [0, 0.1) is 0 Å². The van der Waals surface area contributed by atoms with Crippen molar-refractivity contribution in [3.8, 4) is 0 Å². The largest absolute Gasteiger partial charge is 0.542 e.